The van der Waals surface area contributed by atoms with Crippen molar-refractivity contribution in [3.63, 3.8) is 0 Å². The van der Waals surface area contributed by atoms with Crippen LogP contribution in [0.4, 0.5) is 5.13 Å². The number of aromatic nitrogens is 2. The van der Waals surface area contributed by atoms with Crippen LogP contribution < -0.4 is 5.32 Å². The van der Waals surface area contributed by atoms with Crippen molar-refractivity contribution in [1.29, 1.82) is 0 Å². The smallest absolute Gasteiger partial charge is 0.226 e. The predicted octanol–water partition coefficient (Wildman–Crippen LogP) is 3.61. The average Bonchev–Trinajstić information content (AvgIpc) is 2.99. The average molecular weight is 359 g/mol. The second-order valence-electron chi connectivity index (χ2n) is 4.14. The second-order valence-corrected chi connectivity index (χ2v) is 5.79. The molecule has 2 rings (SSSR count). The van der Waals surface area contributed by atoms with Gasteiger partial charge in [0.15, 0.2) is 0 Å². The van der Waals surface area contributed by atoms with Gasteiger partial charge in [-0.25, -0.2) is 0 Å². The fraction of sp³-hybridized carbons (Fsp3) is 0.231. The summed E-state index contributed by atoms with van der Waals surface area (Å²) in [5.74, 6) is -0.180. The fourth-order valence-electron chi connectivity index (χ4n) is 1.67. The van der Waals surface area contributed by atoms with Gasteiger partial charge in [0, 0.05) is 18.4 Å². The monoisotopic (exact) mass is 358 g/mol. The molecule has 0 saturated heterocycles. The minimum atomic E-state index is -0.180. The van der Waals surface area contributed by atoms with E-state index in [1.807, 2.05) is 0 Å². The summed E-state index contributed by atoms with van der Waals surface area (Å²) in [5, 5.41) is 15.3. The van der Waals surface area contributed by atoms with Crippen molar-refractivity contribution in [2.45, 2.75) is 12.8 Å². The Kier molecular flexibility index (Phi) is 6.11. The Morgan fingerprint density at radius 3 is 2.82 bits per heavy atom. The van der Waals surface area contributed by atoms with Gasteiger partial charge in [0.25, 0.3) is 0 Å². The Bertz CT molecular complexity index is 677. The topological polar surface area (TPSA) is 76.5 Å². The molecule has 1 aromatic carbocycles. The van der Waals surface area contributed by atoms with Crippen molar-refractivity contribution >= 4 is 51.3 Å². The molecular formula is C13H12Cl2N4O2S. The number of carbonyl (C=O) groups excluding carboxylic acids is 1. The number of anilines is 1. The molecular weight excluding hydrogens is 347 g/mol. The van der Waals surface area contributed by atoms with E-state index < -0.39 is 0 Å². The Labute approximate surface area is 141 Å². The minimum absolute atomic E-state index is 0.180. The first-order valence-electron chi connectivity index (χ1n) is 6.21. The standard InChI is InChI=1S/C13H12Cl2N4O2S/c1-21-19-11(8-2-3-9(14)10(15)6-8)4-5-12(20)17-13-18-16-7-22-13/h2-3,6-7H,4-5H2,1H3,(H,17,18,20). The fourth-order valence-corrected chi connectivity index (χ4v) is 2.43. The summed E-state index contributed by atoms with van der Waals surface area (Å²) < 4.78 is 0. The number of nitrogens with zero attached hydrogens (tertiary/aromatic N) is 3. The molecule has 0 aliphatic rings. The molecule has 0 atom stereocenters. The molecule has 0 spiro atoms. The highest BCUT2D eigenvalue weighted by Gasteiger charge is 2.11. The Morgan fingerprint density at radius 1 is 1.36 bits per heavy atom. The molecule has 116 valence electrons. The lowest BCUT2D eigenvalue weighted by atomic mass is 10.1. The molecule has 1 N–H and O–H groups in total. The lowest BCUT2D eigenvalue weighted by Gasteiger charge is -2.07. The van der Waals surface area contributed by atoms with E-state index in [4.69, 9.17) is 28.0 Å². The predicted molar refractivity (Wildman–Crippen MR) is 87.8 cm³/mol. The lowest BCUT2D eigenvalue weighted by molar-refractivity contribution is -0.116. The third kappa shape index (κ3) is 4.66. The van der Waals surface area contributed by atoms with E-state index in [0.29, 0.717) is 27.3 Å². The number of rotatable bonds is 6. The van der Waals surface area contributed by atoms with Gasteiger partial charge in [0.05, 0.1) is 15.8 Å². The maximum absolute atomic E-state index is 11.9. The minimum Gasteiger partial charge on any atom is -0.399 e. The van der Waals surface area contributed by atoms with Crippen molar-refractivity contribution in [3.05, 3.63) is 39.3 Å². The summed E-state index contributed by atoms with van der Waals surface area (Å²) in [6, 6.07) is 5.13. The molecule has 0 aliphatic heterocycles. The van der Waals surface area contributed by atoms with Crippen molar-refractivity contribution < 1.29 is 9.63 Å². The van der Waals surface area contributed by atoms with E-state index in [0.717, 1.165) is 5.56 Å². The summed E-state index contributed by atoms with van der Waals surface area (Å²) >= 11 is 13.1. The zero-order chi connectivity index (χ0) is 15.9. The van der Waals surface area contributed by atoms with Gasteiger partial charge >= 0.3 is 0 Å². The second kappa shape index (κ2) is 8.07. The van der Waals surface area contributed by atoms with Crippen LogP contribution in [0.25, 0.3) is 0 Å². The lowest BCUT2D eigenvalue weighted by Crippen LogP contribution is -2.14. The highest BCUT2D eigenvalue weighted by Crippen LogP contribution is 2.23. The van der Waals surface area contributed by atoms with Gasteiger partial charge in [-0.15, -0.1) is 10.2 Å². The number of nitrogens with one attached hydrogen (secondary N) is 1. The van der Waals surface area contributed by atoms with Crippen molar-refractivity contribution in [3.8, 4) is 0 Å². The summed E-state index contributed by atoms with van der Waals surface area (Å²) in [7, 11) is 1.44. The quantitative estimate of drug-likeness (QED) is 0.631. The van der Waals surface area contributed by atoms with Gasteiger partial charge in [0.2, 0.25) is 11.0 Å². The van der Waals surface area contributed by atoms with Crippen molar-refractivity contribution in [2.75, 3.05) is 12.4 Å². The number of hydrogen-bond acceptors (Lipinski definition) is 6. The SMILES string of the molecule is CON=C(CCC(=O)Nc1nncs1)c1ccc(Cl)c(Cl)c1. The molecule has 0 fully saturated rings. The molecule has 0 saturated carbocycles. The zero-order valence-electron chi connectivity index (χ0n) is 11.5. The third-order valence-corrected chi connectivity index (χ3v) is 4.00. The summed E-state index contributed by atoms with van der Waals surface area (Å²) in [6.45, 7) is 0. The number of benzene rings is 1. The van der Waals surface area contributed by atoms with Crippen molar-refractivity contribution in [2.24, 2.45) is 5.16 Å². The molecule has 1 aromatic heterocycles. The van der Waals surface area contributed by atoms with Crippen LogP contribution in [0.15, 0.2) is 28.9 Å². The molecule has 0 aliphatic carbocycles. The van der Waals surface area contributed by atoms with Crippen LogP contribution in [0.1, 0.15) is 18.4 Å². The first-order chi connectivity index (χ1) is 10.6. The van der Waals surface area contributed by atoms with Crippen LogP contribution in [0.5, 0.6) is 0 Å². The van der Waals surface area contributed by atoms with Gasteiger partial charge in [-0.1, -0.05) is 45.8 Å². The number of carbonyl (C=O) groups is 1. The van der Waals surface area contributed by atoms with Gasteiger partial charge in [0.1, 0.15) is 12.6 Å². The Hall–Kier alpha value is -1.70. The highest BCUT2D eigenvalue weighted by atomic mass is 35.5. The number of hydrogen-bond donors (Lipinski definition) is 1. The number of oxime groups is 1. The van der Waals surface area contributed by atoms with Crippen LogP contribution in [-0.2, 0) is 9.63 Å². The summed E-state index contributed by atoms with van der Waals surface area (Å²) in [4.78, 5) is 16.7. The highest BCUT2D eigenvalue weighted by molar-refractivity contribution is 7.13. The Morgan fingerprint density at radius 2 is 2.18 bits per heavy atom. The van der Waals surface area contributed by atoms with E-state index in [2.05, 4.69) is 20.7 Å². The Balaban J connectivity index is 2.01. The van der Waals surface area contributed by atoms with Gasteiger partial charge in [-0.05, 0) is 12.1 Å². The number of halogens is 2. The first-order valence-corrected chi connectivity index (χ1v) is 7.85. The summed E-state index contributed by atoms with van der Waals surface area (Å²) in [5.41, 5.74) is 2.90. The van der Waals surface area contributed by atoms with Crippen LogP contribution in [0.2, 0.25) is 10.0 Å². The third-order valence-electron chi connectivity index (χ3n) is 2.65. The normalized spacial score (nSPS) is 11.3. The van der Waals surface area contributed by atoms with Crippen LogP contribution in [-0.4, -0.2) is 28.9 Å². The molecule has 2 aromatic rings. The van der Waals surface area contributed by atoms with E-state index >= 15 is 0 Å². The maximum Gasteiger partial charge on any atom is 0.226 e. The summed E-state index contributed by atoms with van der Waals surface area (Å²) in [6.07, 6.45) is 0.610. The van der Waals surface area contributed by atoms with Crippen LogP contribution in [0, 0.1) is 0 Å². The van der Waals surface area contributed by atoms with Crippen molar-refractivity contribution in [1.82, 2.24) is 10.2 Å². The van der Waals surface area contributed by atoms with E-state index in [1.165, 1.54) is 18.4 Å². The van der Waals surface area contributed by atoms with E-state index in [1.54, 1.807) is 23.7 Å². The first kappa shape index (κ1) is 16.7. The molecule has 6 nitrogen and oxygen atoms in total. The van der Waals surface area contributed by atoms with Gasteiger partial charge in [-0.3, -0.25) is 4.79 Å². The van der Waals surface area contributed by atoms with Gasteiger partial charge in [-0.2, -0.15) is 0 Å². The van der Waals surface area contributed by atoms with Gasteiger partial charge < -0.3 is 10.2 Å². The molecule has 9 heteroatoms. The van der Waals surface area contributed by atoms with E-state index in [-0.39, 0.29) is 12.3 Å². The maximum atomic E-state index is 11.9. The number of amides is 1. The van der Waals surface area contributed by atoms with Crippen LogP contribution >= 0.6 is 34.5 Å². The molecule has 1 heterocycles. The molecule has 22 heavy (non-hydrogen) atoms. The molecule has 0 radical (unpaired) electrons. The van der Waals surface area contributed by atoms with Crippen LogP contribution in [0.3, 0.4) is 0 Å². The largest absolute Gasteiger partial charge is 0.399 e. The molecule has 0 unspecified atom stereocenters. The van der Waals surface area contributed by atoms with E-state index in [9.17, 15) is 4.79 Å². The zero-order valence-corrected chi connectivity index (χ0v) is 13.9. The molecule has 0 bridgehead atoms. The molecule has 1 amide bonds.